The van der Waals surface area contributed by atoms with Crippen LogP contribution in [0.5, 0.6) is 0 Å². The van der Waals surface area contributed by atoms with Crippen molar-refractivity contribution in [2.24, 2.45) is 5.14 Å². The standard InChI is InChI=1S/C8H10N2S2/c1-10(8(11)12-9)7-5-3-2-4-6-7/h2-6H,9H2,1H3. The molecule has 0 aliphatic rings. The van der Waals surface area contributed by atoms with Crippen molar-refractivity contribution < 1.29 is 0 Å². The van der Waals surface area contributed by atoms with Gasteiger partial charge in [-0.25, -0.2) is 0 Å². The van der Waals surface area contributed by atoms with Gasteiger partial charge in [-0.15, -0.1) is 0 Å². The van der Waals surface area contributed by atoms with Gasteiger partial charge in [-0.2, -0.15) is 0 Å². The van der Waals surface area contributed by atoms with Gasteiger partial charge >= 0.3 is 0 Å². The van der Waals surface area contributed by atoms with Crippen LogP contribution in [0.3, 0.4) is 0 Å². The summed E-state index contributed by atoms with van der Waals surface area (Å²) in [5.41, 5.74) is 1.06. The summed E-state index contributed by atoms with van der Waals surface area (Å²) < 4.78 is 0.668. The van der Waals surface area contributed by atoms with Gasteiger partial charge < -0.3 is 4.90 Å². The van der Waals surface area contributed by atoms with Gasteiger partial charge in [0.15, 0.2) is 4.32 Å². The van der Waals surface area contributed by atoms with Gasteiger partial charge in [0.1, 0.15) is 0 Å². The third kappa shape index (κ3) is 2.20. The molecule has 0 heterocycles. The van der Waals surface area contributed by atoms with Crippen LogP contribution >= 0.6 is 24.2 Å². The lowest BCUT2D eigenvalue weighted by Crippen LogP contribution is -2.22. The fourth-order valence-electron chi connectivity index (χ4n) is 0.836. The average Bonchev–Trinajstić information content (AvgIpc) is 2.17. The van der Waals surface area contributed by atoms with Gasteiger partial charge in [0.05, 0.1) is 0 Å². The Morgan fingerprint density at radius 3 is 2.50 bits per heavy atom. The molecule has 0 unspecified atom stereocenters. The summed E-state index contributed by atoms with van der Waals surface area (Å²) in [4.78, 5) is 1.88. The Morgan fingerprint density at radius 2 is 2.00 bits per heavy atom. The summed E-state index contributed by atoms with van der Waals surface area (Å²) in [6.45, 7) is 0. The molecule has 0 saturated carbocycles. The van der Waals surface area contributed by atoms with E-state index in [0.29, 0.717) is 4.32 Å². The Labute approximate surface area is 81.9 Å². The molecule has 2 nitrogen and oxygen atoms in total. The fraction of sp³-hybridized carbons (Fsp3) is 0.125. The largest absolute Gasteiger partial charge is 0.329 e. The third-order valence-corrected chi connectivity index (χ3v) is 2.56. The maximum Gasteiger partial charge on any atom is 0.155 e. The molecule has 2 N–H and O–H groups in total. The van der Waals surface area contributed by atoms with Crippen molar-refractivity contribution >= 4 is 34.2 Å². The van der Waals surface area contributed by atoms with Crippen LogP contribution in [0.4, 0.5) is 5.69 Å². The molecule has 0 fully saturated rings. The van der Waals surface area contributed by atoms with Crippen molar-refractivity contribution in [1.82, 2.24) is 0 Å². The lowest BCUT2D eigenvalue weighted by molar-refractivity contribution is 1.31. The van der Waals surface area contributed by atoms with Crippen LogP contribution in [0.25, 0.3) is 0 Å². The van der Waals surface area contributed by atoms with Crippen LogP contribution in [-0.4, -0.2) is 11.4 Å². The van der Waals surface area contributed by atoms with Gasteiger partial charge in [-0.1, -0.05) is 30.4 Å². The Bertz CT molecular complexity index is 261. The van der Waals surface area contributed by atoms with Crippen LogP contribution in [0.1, 0.15) is 0 Å². The van der Waals surface area contributed by atoms with Gasteiger partial charge in [0, 0.05) is 12.7 Å². The molecule has 0 bridgehead atoms. The van der Waals surface area contributed by atoms with E-state index in [-0.39, 0.29) is 0 Å². The topological polar surface area (TPSA) is 29.3 Å². The first-order valence-electron chi connectivity index (χ1n) is 3.45. The molecular formula is C8H10N2S2. The van der Waals surface area contributed by atoms with Gasteiger partial charge in [-0.3, -0.25) is 5.14 Å². The number of rotatable bonds is 1. The minimum absolute atomic E-state index is 0.668. The maximum absolute atomic E-state index is 5.34. The second-order valence-corrected chi connectivity index (χ2v) is 3.55. The van der Waals surface area contributed by atoms with Crippen molar-refractivity contribution in [3.05, 3.63) is 30.3 Å². The van der Waals surface area contributed by atoms with E-state index in [2.05, 4.69) is 0 Å². The average molecular weight is 198 g/mol. The van der Waals surface area contributed by atoms with E-state index in [1.54, 1.807) is 0 Å². The molecule has 1 aromatic rings. The molecule has 4 heteroatoms. The molecule has 0 amide bonds. The number of benzene rings is 1. The van der Waals surface area contributed by atoms with Crippen LogP contribution < -0.4 is 10.0 Å². The molecule has 1 rings (SSSR count). The van der Waals surface area contributed by atoms with E-state index >= 15 is 0 Å². The molecule has 0 spiro atoms. The lowest BCUT2D eigenvalue weighted by atomic mass is 10.3. The zero-order valence-corrected chi connectivity index (χ0v) is 8.36. The normalized spacial score (nSPS) is 9.50. The fourth-order valence-corrected chi connectivity index (χ4v) is 1.20. The molecule has 12 heavy (non-hydrogen) atoms. The van der Waals surface area contributed by atoms with Crippen LogP contribution in [0, 0.1) is 0 Å². The number of nitrogens with two attached hydrogens (primary N) is 1. The molecule has 0 aromatic heterocycles. The second-order valence-electron chi connectivity index (χ2n) is 2.28. The number of hydrogen-bond donors (Lipinski definition) is 1. The monoisotopic (exact) mass is 198 g/mol. The SMILES string of the molecule is CN(C(=S)SN)c1ccccc1. The van der Waals surface area contributed by atoms with Crippen molar-refractivity contribution in [3.8, 4) is 0 Å². The maximum atomic E-state index is 5.34. The Balaban J connectivity index is 2.78. The molecule has 0 saturated heterocycles. The van der Waals surface area contributed by atoms with E-state index in [1.165, 1.54) is 0 Å². The first kappa shape index (κ1) is 9.51. The van der Waals surface area contributed by atoms with Crippen LogP contribution in [-0.2, 0) is 0 Å². The number of nitrogens with zero attached hydrogens (tertiary/aromatic N) is 1. The number of thiocarbonyl (C=S) groups is 1. The minimum atomic E-state index is 0.668. The first-order valence-corrected chi connectivity index (χ1v) is 4.74. The predicted molar refractivity (Wildman–Crippen MR) is 59.2 cm³/mol. The minimum Gasteiger partial charge on any atom is -0.329 e. The van der Waals surface area contributed by atoms with Crippen molar-refractivity contribution in [1.29, 1.82) is 0 Å². The Morgan fingerprint density at radius 1 is 1.42 bits per heavy atom. The highest BCUT2D eigenvalue weighted by Crippen LogP contribution is 2.14. The highest BCUT2D eigenvalue weighted by Gasteiger charge is 2.03. The van der Waals surface area contributed by atoms with E-state index in [9.17, 15) is 0 Å². The van der Waals surface area contributed by atoms with E-state index in [4.69, 9.17) is 17.4 Å². The van der Waals surface area contributed by atoms with E-state index < -0.39 is 0 Å². The quantitative estimate of drug-likeness (QED) is 0.552. The van der Waals surface area contributed by atoms with Gasteiger partial charge in [0.2, 0.25) is 0 Å². The summed E-state index contributed by atoms with van der Waals surface area (Å²) in [6, 6.07) is 9.88. The molecular weight excluding hydrogens is 188 g/mol. The van der Waals surface area contributed by atoms with Crippen LogP contribution in [0.15, 0.2) is 30.3 Å². The lowest BCUT2D eigenvalue weighted by Gasteiger charge is -2.17. The molecule has 64 valence electrons. The summed E-state index contributed by atoms with van der Waals surface area (Å²) in [6.07, 6.45) is 0. The summed E-state index contributed by atoms with van der Waals surface area (Å²) in [5.74, 6) is 0. The second kappa shape index (κ2) is 4.45. The van der Waals surface area contributed by atoms with E-state index in [1.807, 2.05) is 42.3 Å². The third-order valence-electron chi connectivity index (χ3n) is 1.52. The molecule has 0 radical (unpaired) electrons. The number of para-hydroxylation sites is 1. The molecule has 0 aliphatic carbocycles. The van der Waals surface area contributed by atoms with Gasteiger partial charge in [0.25, 0.3) is 0 Å². The number of hydrogen-bond acceptors (Lipinski definition) is 3. The summed E-state index contributed by atoms with van der Waals surface area (Å²) >= 11 is 6.11. The van der Waals surface area contributed by atoms with Crippen molar-refractivity contribution in [3.63, 3.8) is 0 Å². The summed E-state index contributed by atoms with van der Waals surface area (Å²) in [7, 11) is 1.90. The highest BCUT2D eigenvalue weighted by atomic mass is 32.2. The zero-order valence-electron chi connectivity index (χ0n) is 6.73. The van der Waals surface area contributed by atoms with E-state index in [0.717, 1.165) is 17.6 Å². The van der Waals surface area contributed by atoms with Crippen molar-refractivity contribution in [2.45, 2.75) is 0 Å². The Hall–Kier alpha value is -0.580. The highest BCUT2D eigenvalue weighted by molar-refractivity contribution is 8.21. The van der Waals surface area contributed by atoms with Crippen LogP contribution in [0.2, 0.25) is 0 Å². The summed E-state index contributed by atoms with van der Waals surface area (Å²) in [5, 5.41) is 5.34. The first-order chi connectivity index (χ1) is 5.75. The zero-order chi connectivity index (χ0) is 8.97. The smallest absolute Gasteiger partial charge is 0.155 e. The Kier molecular flexibility index (Phi) is 3.52. The number of anilines is 1. The molecule has 1 aromatic carbocycles. The van der Waals surface area contributed by atoms with Crippen molar-refractivity contribution in [2.75, 3.05) is 11.9 Å². The molecule has 0 aliphatic heterocycles. The van der Waals surface area contributed by atoms with Gasteiger partial charge in [-0.05, 0) is 24.1 Å². The predicted octanol–water partition coefficient (Wildman–Crippen LogP) is 2.01. The molecule has 0 atom stereocenters.